The van der Waals surface area contributed by atoms with Crippen LogP contribution in [0.4, 0.5) is 10.5 Å². The predicted molar refractivity (Wildman–Crippen MR) is 147 cm³/mol. The van der Waals surface area contributed by atoms with Crippen molar-refractivity contribution in [1.82, 2.24) is 5.32 Å². The summed E-state index contributed by atoms with van der Waals surface area (Å²) in [5.74, 6) is -0.554. The summed E-state index contributed by atoms with van der Waals surface area (Å²) in [6.45, 7) is 0.169. The van der Waals surface area contributed by atoms with Crippen LogP contribution in [0.3, 0.4) is 0 Å². The number of rotatable bonds is 6. The van der Waals surface area contributed by atoms with E-state index in [0.717, 1.165) is 21.2 Å². The first-order valence-electron chi connectivity index (χ1n) is 11.5. The average Bonchev–Trinajstić information content (AvgIpc) is 2.92. The van der Waals surface area contributed by atoms with Crippen LogP contribution in [-0.4, -0.2) is 25.0 Å². The molecule has 1 fully saturated rings. The van der Waals surface area contributed by atoms with Crippen LogP contribution in [-0.2, 0) is 16.2 Å². The first kappa shape index (κ1) is 25.3. The van der Waals surface area contributed by atoms with Crippen LogP contribution in [0.1, 0.15) is 11.1 Å². The Morgan fingerprint density at radius 1 is 0.895 bits per heavy atom. The molecule has 0 spiro atoms. The zero-order valence-electron chi connectivity index (χ0n) is 20.0. The van der Waals surface area contributed by atoms with E-state index in [-0.39, 0.29) is 12.2 Å². The molecule has 4 aromatic rings. The number of amides is 4. The topological polar surface area (TPSA) is 84.9 Å². The molecular formula is C29H20Cl2N2O5. The predicted octanol–water partition coefficient (Wildman–Crippen LogP) is 6.40. The number of carbonyl (C=O) groups is 3. The molecule has 7 nitrogen and oxygen atoms in total. The number of fused-ring (bicyclic) bond motifs is 1. The van der Waals surface area contributed by atoms with Crippen LogP contribution in [0.25, 0.3) is 16.8 Å². The number of hydrogen-bond acceptors (Lipinski definition) is 5. The van der Waals surface area contributed by atoms with Gasteiger partial charge in [0.1, 0.15) is 23.7 Å². The van der Waals surface area contributed by atoms with Crippen molar-refractivity contribution in [3.05, 3.63) is 106 Å². The summed E-state index contributed by atoms with van der Waals surface area (Å²) in [4.78, 5) is 39.9. The van der Waals surface area contributed by atoms with Crippen LogP contribution < -0.4 is 19.7 Å². The SMILES string of the molecule is COc1ccc(N2C(=O)NC(=O)/C(=C\c3c(OCc4ccc(Cl)c(Cl)c4)ccc4ccccc34)C2=O)cc1. The lowest BCUT2D eigenvalue weighted by Crippen LogP contribution is -2.54. The van der Waals surface area contributed by atoms with Crippen molar-refractivity contribution in [3.63, 3.8) is 0 Å². The molecule has 1 saturated heterocycles. The van der Waals surface area contributed by atoms with Crippen molar-refractivity contribution >= 4 is 63.6 Å². The number of nitrogens with zero attached hydrogens (tertiary/aromatic N) is 1. The number of ether oxygens (including phenoxy) is 2. The molecule has 1 N–H and O–H groups in total. The number of methoxy groups -OCH3 is 1. The highest BCUT2D eigenvalue weighted by atomic mass is 35.5. The summed E-state index contributed by atoms with van der Waals surface area (Å²) >= 11 is 12.2. The minimum Gasteiger partial charge on any atom is -0.497 e. The fourth-order valence-electron chi connectivity index (χ4n) is 4.11. The Morgan fingerprint density at radius 3 is 2.39 bits per heavy atom. The van der Waals surface area contributed by atoms with Gasteiger partial charge >= 0.3 is 6.03 Å². The number of barbiturate groups is 1. The van der Waals surface area contributed by atoms with Gasteiger partial charge in [-0.1, -0.05) is 59.6 Å². The average molecular weight is 547 g/mol. The maximum absolute atomic E-state index is 13.5. The second-order valence-corrected chi connectivity index (χ2v) is 9.21. The fourth-order valence-corrected chi connectivity index (χ4v) is 4.43. The minimum atomic E-state index is -0.837. The van der Waals surface area contributed by atoms with E-state index < -0.39 is 17.8 Å². The van der Waals surface area contributed by atoms with Gasteiger partial charge < -0.3 is 9.47 Å². The van der Waals surface area contributed by atoms with E-state index in [1.165, 1.54) is 13.2 Å². The quantitative estimate of drug-likeness (QED) is 0.223. The molecule has 0 bridgehead atoms. The Morgan fingerprint density at radius 2 is 1.66 bits per heavy atom. The molecule has 5 rings (SSSR count). The van der Waals surface area contributed by atoms with E-state index in [0.29, 0.717) is 32.8 Å². The van der Waals surface area contributed by atoms with Crippen molar-refractivity contribution in [3.8, 4) is 11.5 Å². The second-order valence-electron chi connectivity index (χ2n) is 8.39. The molecule has 1 heterocycles. The third kappa shape index (κ3) is 4.94. The summed E-state index contributed by atoms with van der Waals surface area (Å²) in [5.41, 5.74) is 1.39. The molecule has 0 aliphatic carbocycles. The summed E-state index contributed by atoms with van der Waals surface area (Å²) in [6.07, 6.45) is 1.45. The maximum Gasteiger partial charge on any atom is 0.335 e. The molecule has 1 aliphatic rings. The van der Waals surface area contributed by atoms with E-state index in [1.807, 2.05) is 30.3 Å². The van der Waals surface area contributed by atoms with Gasteiger partial charge in [-0.15, -0.1) is 0 Å². The van der Waals surface area contributed by atoms with Gasteiger partial charge in [0, 0.05) is 5.56 Å². The molecule has 0 aromatic heterocycles. The van der Waals surface area contributed by atoms with Gasteiger partial charge in [-0.2, -0.15) is 0 Å². The minimum absolute atomic E-state index is 0.169. The zero-order chi connectivity index (χ0) is 26.8. The largest absolute Gasteiger partial charge is 0.497 e. The molecule has 0 atom stereocenters. The first-order chi connectivity index (χ1) is 18.4. The summed E-state index contributed by atoms with van der Waals surface area (Å²) in [5, 5.41) is 4.74. The molecular weight excluding hydrogens is 527 g/mol. The highest BCUT2D eigenvalue weighted by Crippen LogP contribution is 2.33. The first-order valence-corrected chi connectivity index (χ1v) is 12.3. The van der Waals surface area contributed by atoms with E-state index in [2.05, 4.69) is 5.32 Å². The Balaban J connectivity index is 1.56. The van der Waals surface area contributed by atoms with Gasteiger partial charge in [0.25, 0.3) is 11.8 Å². The van der Waals surface area contributed by atoms with E-state index in [1.54, 1.807) is 48.5 Å². The number of hydrogen-bond donors (Lipinski definition) is 1. The summed E-state index contributed by atoms with van der Waals surface area (Å²) in [6, 6.07) is 21.9. The number of halogens is 2. The van der Waals surface area contributed by atoms with Crippen LogP contribution in [0.15, 0.2) is 84.4 Å². The van der Waals surface area contributed by atoms with Crippen molar-refractivity contribution in [2.24, 2.45) is 0 Å². The lowest BCUT2D eigenvalue weighted by atomic mass is 9.99. The molecule has 190 valence electrons. The molecule has 4 aromatic carbocycles. The molecule has 0 saturated carbocycles. The Hall–Kier alpha value is -4.33. The van der Waals surface area contributed by atoms with Crippen LogP contribution in [0.2, 0.25) is 10.0 Å². The molecule has 9 heteroatoms. The monoisotopic (exact) mass is 546 g/mol. The van der Waals surface area contributed by atoms with Crippen molar-refractivity contribution < 1.29 is 23.9 Å². The van der Waals surface area contributed by atoms with E-state index in [4.69, 9.17) is 32.7 Å². The molecule has 0 radical (unpaired) electrons. The lowest BCUT2D eigenvalue weighted by molar-refractivity contribution is -0.122. The van der Waals surface area contributed by atoms with Gasteiger partial charge in [-0.25, -0.2) is 9.69 Å². The number of urea groups is 1. The highest BCUT2D eigenvalue weighted by Gasteiger charge is 2.37. The molecule has 0 unspecified atom stereocenters. The normalized spacial score (nSPS) is 14.7. The number of benzene rings is 4. The van der Waals surface area contributed by atoms with Gasteiger partial charge in [0.05, 0.1) is 22.8 Å². The molecule has 4 amide bonds. The van der Waals surface area contributed by atoms with E-state index >= 15 is 0 Å². The number of nitrogens with one attached hydrogen (secondary N) is 1. The Bertz CT molecular complexity index is 1620. The summed E-state index contributed by atoms with van der Waals surface area (Å²) in [7, 11) is 1.51. The zero-order valence-corrected chi connectivity index (χ0v) is 21.5. The van der Waals surface area contributed by atoms with Crippen molar-refractivity contribution in [2.75, 3.05) is 12.0 Å². The fraction of sp³-hybridized carbons (Fsp3) is 0.0690. The van der Waals surface area contributed by atoms with Gasteiger partial charge in [0.15, 0.2) is 0 Å². The maximum atomic E-state index is 13.5. The van der Waals surface area contributed by atoms with Gasteiger partial charge in [0.2, 0.25) is 0 Å². The smallest absolute Gasteiger partial charge is 0.335 e. The van der Waals surface area contributed by atoms with Crippen LogP contribution >= 0.6 is 23.2 Å². The van der Waals surface area contributed by atoms with Crippen molar-refractivity contribution in [2.45, 2.75) is 6.61 Å². The van der Waals surface area contributed by atoms with Crippen LogP contribution in [0, 0.1) is 0 Å². The van der Waals surface area contributed by atoms with Gasteiger partial charge in [-0.05, 0) is 64.9 Å². The standard InChI is InChI=1S/C29H20Cl2N2O5/c1-37-20-10-8-19(9-11-20)33-28(35)23(27(34)32-29(33)36)15-22-21-5-3-2-4-18(21)7-13-26(22)38-16-17-6-12-24(30)25(31)14-17/h2-15H,16H2,1H3,(H,32,34,36)/b23-15+. The number of carbonyl (C=O) groups excluding carboxylic acids is 3. The van der Waals surface area contributed by atoms with E-state index in [9.17, 15) is 14.4 Å². The highest BCUT2D eigenvalue weighted by molar-refractivity contribution is 6.42. The third-order valence-electron chi connectivity index (χ3n) is 6.03. The van der Waals surface area contributed by atoms with Crippen LogP contribution in [0.5, 0.6) is 11.5 Å². The van der Waals surface area contributed by atoms with Crippen molar-refractivity contribution in [1.29, 1.82) is 0 Å². The molecule has 38 heavy (non-hydrogen) atoms. The molecule has 1 aliphatic heterocycles. The summed E-state index contributed by atoms with van der Waals surface area (Å²) < 4.78 is 11.3. The second kappa shape index (κ2) is 10.6. The third-order valence-corrected chi connectivity index (χ3v) is 6.77. The lowest BCUT2D eigenvalue weighted by Gasteiger charge is -2.26. The van der Waals surface area contributed by atoms with Gasteiger partial charge in [-0.3, -0.25) is 14.9 Å². The Kier molecular flexibility index (Phi) is 7.05. The Labute approximate surface area is 228 Å². The number of anilines is 1. The number of imide groups is 2.